The van der Waals surface area contributed by atoms with Crippen molar-refractivity contribution in [2.24, 2.45) is 10.8 Å². The van der Waals surface area contributed by atoms with Crippen LogP contribution < -0.4 is 5.32 Å². The van der Waals surface area contributed by atoms with Gasteiger partial charge in [0.15, 0.2) is 10.8 Å². The van der Waals surface area contributed by atoms with Gasteiger partial charge in [0.1, 0.15) is 0 Å². The monoisotopic (exact) mass is 254 g/mol. The summed E-state index contributed by atoms with van der Waals surface area (Å²) in [4.78, 5) is 15.8. The molecule has 17 heavy (non-hydrogen) atoms. The molecule has 1 aromatic rings. The van der Waals surface area contributed by atoms with Crippen LogP contribution in [0, 0.1) is 17.8 Å². The predicted octanol–water partition coefficient (Wildman–Crippen LogP) is 3.00. The number of carboxylic acid groups (broad SMARTS) is 1. The summed E-state index contributed by atoms with van der Waals surface area (Å²) in [6.45, 7) is 10.6. The van der Waals surface area contributed by atoms with E-state index in [2.05, 4.69) is 38.0 Å². The molecule has 0 unspecified atom stereocenters. The number of carboxylic acids is 1. The van der Waals surface area contributed by atoms with Gasteiger partial charge in [-0.1, -0.05) is 27.7 Å². The lowest BCUT2D eigenvalue weighted by Crippen LogP contribution is -2.10. The van der Waals surface area contributed by atoms with Crippen molar-refractivity contribution in [2.75, 3.05) is 5.32 Å². The lowest BCUT2D eigenvalue weighted by Gasteiger charge is -2.03. The number of nitrogens with zero attached hydrogens (tertiary/aromatic N) is 1. The third kappa shape index (κ3) is 1.73. The fourth-order valence-corrected chi connectivity index (χ4v) is 3.17. The number of aromatic carboxylic acids is 1. The van der Waals surface area contributed by atoms with E-state index in [1.807, 2.05) is 0 Å². The van der Waals surface area contributed by atoms with Gasteiger partial charge in [-0.25, -0.2) is 9.78 Å². The van der Waals surface area contributed by atoms with Crippen LogP contribution in [0.2, 0.25) is 0 Å². The highest BCUT2D eigenvalue weighted by atomic mass is 32.1. The largest absolute Gasteiger partial charge is 0.476 e. The van der Waals surface area contributed by atoms with Crippen molar-refractivity contribution in [3.05, 3.63) is 10.6 Å². The molecule has 1 aliphatic carbocycles. The third-order valence-corrected chi connectivity index (χ3v) is 5.19. The summed E-state index contributed by atoms with van der Waals surface area (Å²) in [6, 6.07) is 0.349. The average molecular weight is 254 g/mol. The number of thiazole rings is 1. The molecule has 2 N–H and O–H groups in total. The molecule has 0 spiro atoms. The minimum absolute atomic E-state index is 0.161. The van der Waals surface area contributed by atoms with E-state index >= 15 is 0 Å². The normalized spacial score (nSPS) is 21.2. The molecular formula is C12H18N2O2S. The molecule has 1 aromatic heterocycles. The highest BCUT2D eigenvalue weighted by Gasteiger charge is 2.65. The van der Waals surface area contributed by atoms with Crippen molar-refractivity contribution in [1.29, 1.82) is 0 Å². The molecule has 1 saturated carbocycles. The first-order valence-corrected chi connectivity index (χ1v) is 6.47. The number of nitrogens with one attached hydrogen (secondary N) is 1. The van der Waals surface area contributed by atoms with Crippen LogP contribution in [0.25, 0.3) is 0 Å². The van der Waals surface area contributed by atoms with Crippen molar-refractivity contribution in [1.82, 2.24) is 4.98 Å². The lowest BCUT2D eigenvalue weighted by molar-refractivity contribution is 0.0690. The molecule has 94 valence electrons. The highest BCUT2D eigenvalue weighted by Crippen LogP contribution is 2.63. The first-order valence-electron chi connectivity index (χ1n) is 5.65. The zero-order chi connectivity index (χ0) is 13.0. The van der Waals surface area contributed by atoms with E-state index in [9.17, 15) is 4.79 Å². The summed E-state index contributed by atoms with van der Waals surface area (Å²) in [5.41, 5.74) is 0.597. The van der Waals surface area contributed by atoms with Crippen molar-refractivity contribution in [2.45, 2.75) is 40.7 Å². The quantitative estimate of drug-likeness (QED) is 0.870. The zero-order valence-corrected chi connectivity index (χ0v) is 11.6. The fourth-order valence-electron chi connectivity index (χ4n) is 2.34. The third-order valence-electron chi connectivity index (χ3n) is 4.29. The molecule has 0 radical (unpaired) electrons. The smallest absolute Gasteiger partial charge is 0.355 e. The number of anilines is 1. The predicted molar refractivity (Wildman–Crippen MR) is 68.8 cm³/mol. The van der Waals surface area contributed by atoms with E-state index in [-0.39, 0.29) is 16.5 Å². The van der Waals surface area contributed by atoms with Crippen LogP contribution in [-0.4, -0.2) is 22.1 Å². The SMILES string of the molecule is Cc1sc(NC2C(C)(C)C2(C)C)nc1C(=O)O. The Morgan fingerprint density at radius 2 is 1.88 bits per heavy atom. The summed E-state index contributed by atoms with van der Waals surface area (Å²) >= 11 is 1.41. The molecule has 1 fully saturated rings. The molecular weight excluding hydrogens is 236 g/mol. The number of aryl methyl sites for hydroxylation is 1. The maximum atomic E-state index is 10.9. The van der Waals surface area contributed by atoms with E-state index in [4.69, 9.17) is 5.11 Å². The van der Waals surface area contributed by atoms with E-state index in [0.717, 1.165) is 4.88 Å². The van der Waals surface area contributed by atoms with Gasteiger partial charge in [-0.2, -0.15) is 0 Å². The second-order valence-corrected chi connectivity index (χ2v) is 6.95. The molecule has 0 bridgehead atoms. The zero-order valence-electron chi connectivity index (χ0n) is 10.8. The van der Waals surface area contributed by atoms with Crippen molar-refractivity contribution < 1.29 is 9.90 Å². The van der Waals surface area contributed by atoms with Crippen molar-refractivity contribution in [3.8, 4) is 0 Å². The van der Waals surface area contributed by atoms with Gasteiger partial charge < -0.3 is 10.4 Å². The Bertz CT molecular complexity index is 463. The summed E-state index contributed by atoms with van der Waals surface area (Å²) in [5.74, 6) is -0.957. The van der Waals surface area contributed by atoms with Crippen molar-refractivity contribution in [3.63, 3.8) is 0 Å². The maximum Gasteiger partial charge on any atom is 0.355 e. The van der Waals surface area contributed by atoms with Crippen LogP contribution >= 0.6 is 11.3 Å². The van der Waals surface area contributed by atoms with E-state index in [0.29, 0.717) is 11.2 Å². The molecule has 0 atom stereocenters. The Kier molecular flexibility index (Phi) is 2.51. The van der Waals surface area contributed by atoms with Crippen molar-refractivity contribution >= 4 is 22.4 Å². The molecule has 0 saturated heterocycles. The summed E-state index contributed by atoms with van der Waals surface area (Å²) < 4.78 is 0. The summed E-state index contributed by atoms with van der Waals surface area (Å²) in [7, 11) is 0. The first kappa shape index (κ1) is 12.4. The van der Waals surface area contributed by atoms with Gasteiger partial charge in [-0.05, 0) is 17.8 Å². The Morgan fingerprint density at radius 3 is 2.24 bits per heavy atom. The molecule has 5 heteroatoms. The van der Waals surface area contributed by atoms with Crippen LogP contribution in [0.4, 0.5) is 5.13 Å². The van der Waals surface area contributed by atoms with E-state index < -0.39 is 5.97 Å². The maximum absolute atomic E-state index is 10.9. The van der Waals surface area contributed by atoms with Gasteiger partial charge >= 0.3 is 5.97 Å². The Balaban J connectivity index is 2.17. The summed E-state index contributed by atoms with van der Waals surface area (Å²) in [6.07, 6.45) is 0. The van der Waals surface area contributed by atoms with E-state index in [1.165, 1.54) is 11.3 Å². The molecule has 0 aromatic carbocycles. The number of aromatic nitrogens is 1. The Hall–Kier alpha value is -1.10. The second kappa shape index (κ2) is 3.45. The minimum Gasteiger partial charge on any atom is -0.476 e. The number of hydrogen-bond donors (Lipinski definition) is 2. The number of rotatable bonds is 3. The van der Waals surface area contributed by atoms with Gasteiger partial charge in [-0.15, -0.1) is 11.3 Å². The topological polar surface area (TPSA) is 62.2 Å². The highest BCUT2D eigenvalue weighted by molar-refractivity contribution is 7.15. The van der Waals surface area contributed by atoms with Crippen LogP contribution in [0.15, 0.2) is 0 Å². The molecule has 0 aliphatic heterocycles. The van der Waals surface area contributed by atoms with Gasteiger partial charge in [0.25, 0.3) is 0 Å². The van der Waals surface area contributed by atoms with Crippen LogP contribution in [0.3, 0.4) is 0 Å². The van der Waals surface area contributed by atoms with Crippen LogP contribution in [0.1, 0.15) is 43.1 Å². The molecule has 2 rings (SSSR count). The van der Waals surface area contributed by atoms with Crippen LogP contribution in [0.5, 0.6) is 0 Å². The van der Waals surface area contributed by atoms with E-state index in [1.54, 1.807) is 6.92 Å². The fraction of sp³-hybridized carbons (Fsp3) is 0.667. The molecule has 1 aliphatic rings. The minimum atomic E-state index is -0.957. The van der Waals surface area contributed by atoms with Gasteiger partial charge in [-0.3, -0.25) is 0 Å². The average Bonchev–Trinajstić information content (AvgIpc) is 2.51. The molecule has 0 amide bonds. The van der Waals surface area contributed by atoms with Crippen LogP contribution in [-0.2, 0) is 0 Å². The molecule has 4 nitrogen and oxygen atoms in total. The van der Waals surface area contributed by atoms with Gasteiger partial charge in [0.05, 0.1) is 0 Å². The number of hydrogen-bond acceptors (Lipinski definition) is 4. The second-order valence-electron chi connectivity index (χ2n) is 5.75. The van der Waals surface area contributed by atoms with Gasteiger partial charge in [0.2, 0.25) is 0 Å². The summed E-state index contributed by atoms with van der Waals surface area (Å²) in [5, 5.41) is 13.0. The standard InChI is InChI=1S/C12H18N2O2S/c1-6-7(8(15)16)13-10(17-6)14-9-11(2,3)12(9,4)5/h9H,1-5H3,(H,13,14)(H,15,16). The number of carbonyl (C=O) groups is 1. The van der Waals surface area contributed by atoms with Gasteiger partial charge in [0, 0.05) is 10.9 Å². The Morgan fingerprint density at radius 1 is 1.35 bits per heavy atom. The first-order chi connectivity index (χ1) is 7.68. The Labute approximate surface area is 105 Å². The molecule has 1 heterocycles. The lowest BCUT2D eigenvalue weighted by atomic mass is 10.0.